The highest BCUT2D eigenvalue weighted by molar-refractivity contribution is 6.02. The summed E-state index contributed by atoms with van der Waals surface area (Å²) in [7, 11) is 0. The van der Waals surface area contributed by atoms with Crippen LogP contribution in [0.25, 0.3) is 11.0 Å². The molecule has 0 atom stereocenters. The Morgan fingerprint density at radius 1 is 1.16 bits per heavy atom. The Bertz CT molecular complexity index is 848. The first-order chi connectivity index (χ1) is 12.3. The number of aromatic nitrogens is 2. The van der Waals surface area contributed by atoms with E-state index >= 15 is 0 Å². The highest BCUT2D eigenvalue weighted by Crippen LogP contribution is 2.20. The van der Waals surface area contributed by atoms with E-state index in [2.05, 4.69) is 20.9 Å². The molecule has 2 N–H and O–H groups in total. The molecule has 1 fully saturated rings. The molecular formula is C19H23N4O2+. The predicted molar refractivity (Wildman–Crippen MR) is 95.8 cm³/mol. The summed E-state index contributed by atoms with van der Waals surface area (Å²) in [6.07, 6.45) is 5.46. The molecule has 2 aromatic heterocycles. The van der Waals surface area contributed by atoms with Crippen molar-refractivity contribution in [2.45, 2.75) is 25.8 Å². The number of likely N-dealkylation sites (tertiary alicyclic amines) is 1. The fourth-order valence-electron chi connectivity index (χ4n) is 3.54. The van der Waals surface area contributed by atoms with Crippen molar-refractivity contribution in [3.05, 3.63) is 48.4 Å². The van der Waals surface area contributed by atoms with Crippen LogP contribution in [-0.2, 0) is 6.54 Å². The molecule has 25 heavy (non-hydrogen) atoms. The number of nitrogens with zero attached hydrogens (tertiary/aromatic N) is 2. The second kappa shape index (κ2) is 7.11. The lowest BCUT2D eigenvalue weighted by Gasteiger charge is -2.24. The average molecular weight is 339 g/mol. The number of carbonyl (C=O) groups excluding carboxylic acids is 1. The topological polar surface area (TPSA) is 64.5 Å². The fourth-order valence-corrected chi connectivity index (χ4v) is 3.54. The highest BCUT2D eigenvalue weighted by atomic mass is 16.3. The van der Waals surface area contributed by atoms with E-state index in [0.29, 0.717) is 11.7 Å². The minimum absolute atomic E-state index is 0.271. The van der Waals surface area contributed by atoms with Crippen LogP contribution >= 0.6 is 0 Å². The van der Waals surface area contributed by atoms with E-state index in [1.807, 2.05) is 18.2 Å². The number of rotatable bonds is 5. The third-order valence-electron chi connectivity index (χ3n) is 4.87. The van der Waals surface area contributed by atoms with Crippen LogP contribution in [0.1, 0.15) is 29.8 Å². The van der Waals surface area contributed by atoms with Crippen molar-refractivity contribution < 1.29 is 14.1 Å². The first kappa shape index (κ1) is 15.9. The second-order valence-corrected chi connectivity index (χ2v) is 6.57. The Labute approximate surface area is 146 Å². The van der Waals surface area contributed by atoms with E-state index in [1.165, 1.54) is 38.6 Å². The predicted octanol–water partition coefficient (Wildman–Crippen LogP) is 1.95. The summed E-state index contributed by atoms with van der Waals surface area (Å²) in [5.74, 6) is 0.603. The Kier molecular flexibility index (Phi) is 4.52. The average Bonchev–Trinajstić information content (AvgIpc) is 3.29. The number of furan rings is 1. The maximum atomic E-state index is 12.3. The highest BCUT2D eigenvalue weighted by Gasteiger charge is 2.18. The van der Waals surface area contributed by atoms with Gasteiger partial charge in [0.25, 0.3) is 5.91 Å². The molecule has 3 heterocycles. The van der Waals surface area contributed by atoms with Crippen molar-refractivity contribution in [3.63, 3.8) is 0 Å². The second-order valence-electron chi connectivity index (χ2n) is 6.57. The van der Waals surface area contributed by atoms with Gasteiger partial charge in [-0.05, 0) is 43.5 Å². The van der Waals surface area contributed by atoms with E-state index in [-0.39, 0.29) is 5.91 Å². The maximum absolute atomic E-state index is 12.3. The van der Waals surface area contributed by atoms with Crippen LogP contribution in [0.5, 0.6) is 0 Å². The molecular weight excluding hydrogens is 316 g/mol. The number of para-hydroxylation sites is 2. The van der Waals surface area contributed by atoms with Crippen molar-refractivity contribution in [2.75, 3.05) is 25.0 Å². The zero-order valence-corrected chi connectivity index (χ0v) is 14.2. The van der Waals surface area contributed by atoms with Gasteiger partial charge in [-0.25, -0.2) is 4.98 Å². The van der Waals surface area contributed by atoms with Gasteiger partial charge in [0.15, 0.2) is 5.76 Å². The van der Waals surface area contributed by atoms with E-state index in [4.69, 9.17) is 4.42 Å². The number of quaternary nitrogens is 1. The number of hydrogen-bond donors (Lipinski definition) is 2. The molecule has 1 aromatic carbocycles. The number of carbonyl (C=O) groups is 1. The molecule has 0 radical (unpaired) electrons. The van der Waals surface area contributed by atoms with Gasteiger partial charge in [0, 0.05) is 0 Å². The number of imidazole rings is 1. The van der Waals surface area contributed by atoms with Crippen molar-refractivity contribution in [1.29, 1.82) is 0 Å². The van der Waals surface area contributed by atoms with Gasteiger partial charge in [0.2, 0.25) is 5.95 Å². The zero-order chi connectivity index (χ0) is 17.1. The summed E-state index contributed by atoms with van der Waals surface area (Å²) in [5.41, 5.74) is 1.94. The number of piperidine rings is 1. The van der Waals surface area contributed by atoms with Crippen LogP contribution < -0.4 is 10.2 Å². The summed E-state index contributed by atoms with van der Waals surface area (Å²) in [5, 5.41) is 2.90. The Balaban J connectivity index is 1.57. The van der Waals surface area contributed by atoms with Crippen LogP contribution in [0.4, 0.5) is 5.95 Å². The minimum Gasteiger partial charge on any atom is -0.459 e. The minimum atomic E-state index is -0.271. The van der Waals surface area contributed by atoms with E-state index < -0.39 is 0 Å². The summed E-state index contributed by atoms with van der Waals surface area (Å²) in [4.78, 5) is 18.6. The van der Waals surface area contributed by atoms with E-state index in [0.717, 1.165) is 24.1 Å². The molecule has 6 heteroatoms. The molecule has 130 valence electrons. The molecule has 6 nitrogen and oxygen atoms in total. The summed E-state index contributed by atoms with van der Waals surface area (Å²) in [6, 6.07) is 11.4. The molecule has 4 rings (SSSR count). The molecule has 3 aromatic rings. The van der Waals surface area contributed by atoms with Crippen molar-refractivity contribution in [2.24, 2.45) is 0 Å². The Morgan fingerprint density at radius 3 is 2.80 bits per heavy atom. The van der Waals surface area contributed by atoms with E-state index in [9.17, 15) is 4.79 Å². The first-order valence-electron chi connectivity index (χ1n) is 8.95. The van der Waals surface area contributed by atoms with E-state index in [1.54, 1.807) is 17.0 Å². The molecule has 0 bridgehead atoms. The zero-order valence-electron chi connectivity index (χ0n) is 14.2. The standard InChI is InChI=1S/C19H22N4O2/c24-18(17-9-6-14-25-17)21-19-20-15-7-2-3-8-16(15)23(19)13-12-22-10-4-1-5-11-22/h2-3,6-9,14H,1,4-5,10-13H2,(H,20,21,24)/p+1. The summed E-state index contributed by atoms with van der Waals surface area (Å²) < 4.78 is 7.29. The van der Waals surface area contributed by atoms with Crippen molar-refractivity contribution >= 4 is 22.9 Å². The lowest BCUT2D eigenvalue weighted by molar-refractivity contribution is -0.905. The van der Waals surface area contributed by atoms with Crippen LogP contribution in [0.3, 0.4) is 0 Å². The summed E-state index contributed by atoms with van der Waals surface area (Å²) >= 11 is 0. The SMILES string of the molecule is O=C(Nc1nc2ccccc2n1CC[NH+]1CCCCC1)c1ccco1. The van der Waals surface area contributed by atoms with Crippen molar-refractivity contribution in [3.8, 4) is 0 Å². The number of nitrogens with one attached hydrogen (secondary N) is 2. The maximum Gasteiger partial charge on any atom is 0.293 e. The Hall–Kier alpha value is -2.60. The lowest BCUT2D eigenvalue weighted by Crippen LogP contribution is -3.13. The molecule has 1 aliphatic rings. The molecule has 0 aliphatic carbocycles. The molecule has 1 aliphatic heterocycles. The number of anilines is 1. The van der Waals surface area contributed by atoms with Gasteiger partial charge in [-0.15, -0.1) is 0 Å². The molecule has 0 saturated carbocycles. The molecule has 0 unspecified atom stereocenters. The smallest absolute Gasteiger partial charge is 0.293 e. The number of benzene rings is 1. The summed E-state index contributed by atoms with van der Waals surface area (Å²) in [6.45, 7) is 4.36. The third-order valence-corrected chi connectivity index (χ3v) is 4.87. The molecule has 1 amide bonds. The molecule has 1 saturated heterocycles. The van der Waals surface area contributed by atoms with Crippen molar-refractivity contribution in [1.82, 2.24) is 9.55 Å². The Morgan fingerprint density at radius 2 is 2.00 bits per heavy atom. The number of fused-ring (bicyclic) bond motifs is 1. The van der Waals surface area contributed by atoms with Crippen LogP contribution in [0.2, 0.25) is 0 Å². The van der Waals surface area contributed by atoms with Gasteiger partial charge in [0.1, 0.15) is 0 Å². The molecule has 0 spiro atoms. The number of hydrogen-bond acceptors (Lipinski definition) is 3. The third kappa shape index (κ3) is 3.44. The van der Waals surface area contributed by atoms with Gasteiger partial charge >= 0.3 is 0 Å². The van der Waals surface area contributed by atoms with Gasteiger partial charge in [0.05, 0.1) is 43.5 Å². The fraction of sp³-hybridized carbons (Fsp3) is 0.368. The van der Waals surface area contributed by atoms with Gasteiger partial charge in [-0.1, -0.05) is 12.1 Å². The van der Waals surface area contributed by atoms with Gasteiger partial charge in [-0.3, -0.25) is 10.1 Å². The quantitative estimate of drug-likeness (QED) is 0.747. The largest absolute Gasteiger partial charge is 0.459 e. The van der Waals surface area contributed by atoms with Gasteiger partial charge < -0.3 is 13.9 Å². The normalized spacial score (nSPS) is 15.5. The first-order valence-corrected chi connectivity index (χ1v) is 8.95. The van der Waals surface area contributed by atoms with Crippen LogP contribution in [0.15, 0.2) is 47.1 Å². The lowest BCUT2D eigenvalue weighted by atomic mass is 10.1. The van der Waals surface area contributed by atoms with Crippen LogP contribution in [-0.4, -0.2) is 35.1 Å². The monoisotopic (exact) mass is 339 g/mol. The van der Waals surface area contributed by atoms with Crippen LogP contribution in [0, 0.1) is 0 Å². The van der Waals surface area contributed by atoms with Gasteiger partial charge in [-0.2, -0.15) is 0 Å². The number of amides is 1.